The molecule has 6 aromatic carbocycles. The second-order valence-corrected chi connectivity index (χ2v) is 18.1. The van der Waals surface area contributed by atoms with Crippen molar-refractivity contribution in [1.29, 1.82) is 0 Å². The predicted octanol–water partition coefficient (Wildman–Crippen LogP) is 10.5. The standard InChI is InChI=1S/C36H28O4S4/c37-44(38)39-42(31-13-5-1-6-14-31,32-15-7-2-8-16-32)35-25-21-29(22-26-35)41-30-23-27-36(28-24-30)43(40-44,33-17-9-3-10-18-33)34-19-11-4-12-20-34/h1-28H. The van der Waals surface area contributed by atoms with Gasteiger partial charge in [0.05, 0.1) is 0 Å². The predicted molar refractivity (Wildman–Crippen MR) is 179 cm³/mol. The molecule has 4 nitrogen and oxygen atoms in total. The molecule has 0 fully saturated rings. The van der Waals surface area contributed by atoms with Crippen molar-refractivity contribution in [2.75, 3.05) is 0 Å². The molecule has 0 amide bonds. The molecule has 0 unspecified atom stereocenters. The summed E-state index contributed by atoms with van der Waals surface area (Å²) in [4.78, 5) is 6.55. The van der Waals surface area contributed by atoms with Gasteiger partial charge in [-0.05, 0) is 118 Å². The highest BCUT2D eigenvalue weighted by atomic mass is 32.4. The van der Waals surface area contributed by atoms with Crippen LogP contribution in [0.2, 0.25) is 0 Å². The van der Waals surface area contributed by atoms with Crippen molar-refractivity contribution in [3.8, 4) is 0 Å². The zero-order valence-electron chi connectivity index (χ0n) is 23.4. The van der Waals surface area contributed by atoms with Crippen molar-refractivity contribution < 1.29 is 15.7 Å². The first kappa shape index (κ1) is 29.0. The van der Waals surface area contributed by atoms with E-state index in [9.17, 15) is 8.42 Å². The Hall–Kier alpha value is -3.76. The third kappa shape index (κ3) is 5.28. The van der Waals surface area contributed by atoms with Gasteiger partial charge in [0.25, 0.3) is 0 Å². The maximum absolute atomic E-state index is 14.8. The lowest BCUT2D eigenvalue weighted by atomic mass is 10.3. The zero-order valence-corrected chi connectivity index (χ0v) is 26.7. The van der Waals surface area contributed by atoms with E-state index in [0.29, 0.717) is 0 Å². The minimum absolute atomic E-state index is 0.745. The summed E-state index contributed by atoms with van der Waals surface area (Å²) in [5.41, 5.74) is 0. The van der Waals surface area contributed by atoms with Crippen molar-refractivity contribution >= 4 is 42.8 Å². The first-order valence-electron chi connectivity index (χ1n) is 13.9. The fourth-order valence-corrected chi connectivity index (χ4v) is 15.1. The molecule has 0 spiro atoms. The number of hydrogen-bond donors (Lipinski definition) is 0. The first-order valence-corrected chi connectivity index (χ1v) is 19.2. The van der Waals surface area contributed by atoms with Gasteiger partial charge in [-0.2, -0.15) is 15.7 Å². The van der Waals surface area contributed by atoms with Gasteiger partial charge in [-0.1, -0.05) is 84.6 Å². The summed E-state index contributed by atoms with van der Waals surface area (Å²) >= 11 is 1.65. The van der Waals surface area contributed by atoms with Gasteiger partial charge in [0.15, 0.2) is 0 Å². The molecule has 220 valence electrons. The maximum Gasteiger partial charge on any atom is 0.420 e. The summed E-state index contributed by atoms with van der Waals surface area (Å²) in [5, 5.41) is 0. The van der Waals surface area contributed by atoms with Gasteiger partial charge in [0.2, 0.25) is 0 Å². The Morgan fingerprint density at radius 3 is 0.864 bits per heavy atom. The van der Waals surface area contributed by atoms with Crippen LogP contribution in [0, 0.1) is 0 Å². The van der Waals surface area contributed by atoms with Gasteiger partial charge in [-0.25, -0.2) is 0 Å². The van der Waals surface area contributed by atoms with Crippen LogP contribution in [0.1, 0.15) is 0 Å². The molecule has 0 saturated heterocycles. The zero-order chi connectivity index (χ0) is 30.0. The van der Waals surface area contributed by atoms with Crippen molar-refractivity contribution in [3.05, 3.63) is 170 Å². The van der Waals surface area contributed by atoms with E-state index < -0.39 is 31.0 Å². The Bertz CT molecular complexity index is 1750. The van der Waals surface area contributed by atoms with E-state index in [2.05, 4.69) is 0 Å². The van der Waals surface area contributed by atoms with E-state index in [0.717, 1.165) is 39.2 Å². The van der Waals surface area contributed by atoms with E-state index in [1.807, 2.05) is 170 Å². The van der Waals surface area contributed by atoms with E-state index in [1.165, 1.54) is 0 Å². The molecular formula is C36H28O4S4. The Morgan fingerprint density at radius 2 is 0.591 bits per heavy atom. The molecule has 0 aliphatic carbocycles. The Labute approximate surface area is 266 Å². The number of rotatable bonds is 4. The fraction of sp³-hybridized carbons (Fsp3) is 0. The topological polar surface area (TPSA) is 52.6 Å². The largest absolute Gasteiger partial charge is 0.420 e. The third-order valence-corrected chi connectivity index (χ3v) is 16.8. The highest BCUT2D eigenvalue weighted by Crippen LogP contribution is 2.74. The smallest absolute Gasteiger partial charge is 0.184 e. The lowest BCUT2D eigenvalue weighted by Gasteiger charge is -2.43. The van der Waals surface area contributed by atoms with Gasteiger partial charge in [-0.3, -0.25) is 0 Å². The average Bonchev–Trinajstić information content (AvgIpc) is 3.08. The Balaban J connectivity index is 1.55. The molecule has 4 bridgehead atoms. The summed E-state index contributed by atoms with van der Waals surface area (Å²) in [7, 11) is -10.4. The van der Waals surface area contributed by atoms with Crippen LogP contribution < -0.4 is 0 Å². The van der Waals surface area contributed by atoms with Crippen LogP contribution in [0.3, 0.4) is 0 Å². The molecule has 0 radical (unpaired) electrons. The highest BCUT2D eigenvalue weighted by molar-refractivity contribution is 8.36. The fourth-order valence-electron chi connectivity index (χ4n) is 5.30. The molecule has 4 aliphatic rings. The molecule has 0 atom stereocenters. The number of benzene rings is 6. The normalized spacial score (nSPS) is 18.1. The van der Waals surface area contributed by atoms with Gasteiger partial charge in [-0.15, -0.1) is 0 Å². The van der Waals surface area contributed by atoms with Gasteiger partial charge in [0.1, 0.15) is 0 Å². The molecule has 6 aromatic rings. The van der Waals surface area contributed by atoms with E-state index >= 15 is 0 Å². The molecule has 0 aromatic heterocycles. The van der Waals surface area contributed by atoms with E-state index in [4.69, 9.17) is 7.26 Å². The van der Waals surface area contributed by atoms with Crippen molar-refractivity contribution in [2.24, 2.45) is 0 Å². The SMILES string of the molecule is O=S1(=O)OS(c2ccccc2)(c2ccccc2)c2ccc(cc2)Sc2ccc(cc2)S(c2ccccc2)(c2ccccc2)O1. The van der Waals surface area contributed by atoms with Crippen LogP contribution >= 0.6 is 32.4 Å². The van der Waals surface area contributed by atoms with Crippen LogP contribution in [-0.2, 0) is 17.7 Å². The lowest BCUT2D eigenvalue weighted by molar-refractivity contribution is 0.423. The Morgan fingerprint density at radius 1 is 0.341 bits per heavy atom. The van der Waals surface area contributed by atoms with Crippen LogP contribution in [-0.4, -0.2) is 8.42 Å². The minimum atomic E-state index is -4.71. The monoisotopic (exact) mass is 652 g/mol. The molecular weight excluding hydrogens is 625 g/mol. The molecule has 0 saturated carbocycles. The maximum atomic E-state index is 14.8. The summed E-state index contributed by atoms with van der Waals surface area (Å²) in [6.07, 6.45) is 0. The van der Waals surface area contributed by atoms with Crippen molar-refractivity contribution in [1.82, 2.24) is 0 Å². The number of hydrogen-bond acceptors (Lipinski definition) is 5. The molecule has 0 N–H and O–H groups in total. The molecule has 44 heavy (non-hydrogen) atoms. The first-order chi connectivity index (χ1) is 21.5. The van der Waals surface area contributed by atoms with E-state index in [1.54, 1.807) is 11.8 Å². The second kappa shape index (κ2) is 12.0. The highest BCUT2D eigenvalue weighted by Gasteiger charge is 2.44. The lowest BCUT2D eigenvalue weighted by Crippen LogP contribution is -2.19. The third-order valence-electron chi connectivity index (χ3n) is 7.22. The minimum Gasteiger partial charge on any atom is -0.184 e. The Kier molecular flexibility index (Phi) is 7.88. The molecule has 10 rings (SSSR count). The molecule has 8 heteroatoms. The van der Waals surface area contributed by atoms with Crippen LogP contribution in [0.15, 0.2) is 209 Å². The summed E-state index contributed by atoms with van der Waals surface area (Å²) in [6.45, 7) is 0. The van der Waals surface area contributed by atoms with E-state index in [-0.39, 0.29) is 0 Å². The quantitative estimate of drug-likeness (QED) is 0.190. The molecule has 4 heterocycles. The molecule has 4 aliphatic heterocycles. The summed E-state index contributed by atoms with van der Waals surface area (Å²) in [6, 6.07) is 54.3. The van der Waals surface area contributed by atoms with Gasteiger partial charge < -0.3 is 0 Å². The van der Waals surface area contributed by atoms with Gasteiger partial charge in [0, 0.05) is 39.2 Å². The van der Waals surface area contributed by atoms with Crippen LogP contribution in [0.4, 0.5) is 0 Å². The second-order valence-electron chi connectivity index (χ2n) is 9.95. The van der Waals surface area contributed by atoms with Crippen molar-refractivity contribution in [2.45, 2.75) is 39.2 Å². The van der Waals surface area contributed by atoms with Gasteiger partial charge >= 0.3 is 10.4 Å². The summed E-state index contributed by atoms with van der Waals surface area (Å²) in [5.74, 6) is 0. The van der Waals surface area contributed by atoms with Crippen molar-refractivity contribution in [3.63, 3.8) is 0 Å². The summed E-state index contributed by atoms with van der Waals surface area (Å²) < 4.78 is 42.8. The van der Waals surface area contributed by atoms with Crippen LogP contribution in [0.5, 0.6) is 0 Å². The van der Waals surface area contributed by atoms with Crippen LogP contribution in [0.25, 0.3) is 0 Å². The average molecular weight is 653 g/mol.